The van der Waals surface area contributed by atoms with Crippen LogP contribution in [0.4, 0.5) is 0 Å². The Hall–Kier alpha value is -1.52. The van der Waals surface area contributed by atoms with Crippen LogP contribution < -0.4 is 10.1 Å². The molecule has 1 heterocycles. The van der Waals surface area contributed by atoms with Gasteiger partial charge in [0, 0.05) is 12.1 Å². The lowest BCUT2D eigenvalue weighted by Gasteiger charge is -2.05. The maximum Gasteiger partial charge on any atom is 0.120 e. The van der Waals surface area contributed by atoms with Crippen molar-refractivity contribution in [3.8, 4) is 17.0 Å². The Morgan fingerprint density at radius 2 is 2.22 bits per heavy atom. The highest BCUT2D eigenvalue weighted by Crippen LogP contribution is 2.32. The third-order valence-corrected chi connectivity index (χ3v) is 3.21. The second-order valence-corrected chi connectivity index (χ2v) is 4.46. The van der Waals surface area contributed by atoms with Crippen LogP contribution in [0.3, 0.4) is 0 Å². The fourth-order valence-electron chi connectivity index (χ4n) is 1.86. The molecule has 2 rings (SSSR count). The van der Waals surface area contributed by atoms with Gasteiger partial charge >= 0.3 is 0 Å². The molecule has 0 unspecified atom stereocenters. The molecule has 0 aliphatic carbocycles. The smallest absolute Gasteiger partial charge is 0.120 e. The summed E-state index contributed by atoms with van der Waals surface area (Å²) in [6.07, 6.45) is 0. The lowest BCUT2D eigenvalue weighted by molar-refractivity contribution is 0.415. The highest BCUT2D eigenvalue weighted by atomic mass is 35.5. The van der Waals surface area contributed by atoms with E-state index in [2.05, 4.69) is 15.5 Å². The highest BCUT2D eigenvalue weighted by Gasteiger charge is 2.13. The lowest BCUT2D eigenvalue weighted by atomic mass is 10.1. The van der Waals surface area contributed by atoms with Crippen molar-refractivity contribution >= 4 is 11.6 Å². The van der Waals surface area contributed by atoms with Crippen LogP contribution in [-0.4, -0.2) is 24.4 Å². The summed E-state index contributed by atoms with van der Waals surface area (Å²) in [6, 6.07) is 5.60. The molecule has 96 valence electrons. The summed E-state index contributed by atoms with van der Waals surface area (Å²) in [6.45, 7) is 2.79. The average molecular weight is 266 g/mol. The van der Waals surface area contributed by atoms with Crippen LogP contribution in [0.5, 0.6) is 5.75 Å². The zero-order chi connectivity index (χ0) is 13.1. The lowest BCUT2D eigenvalue weighted by Crippen LogP contribution is -2.06. The molecule has 4 nitrogen and oxygen atoms in total. The van der Waals surface area contributed by atoms with E-state index in [0.717, 1.165) is 34.8 Å². The number of rotatable bonds is 4. The van der Waals surface area contributed by atoms with Crippen molar-refractivity contribution < 1.29 is 4.74 Å². The van der Waals surface area contributed by atoms with Gasteiger partial charge in [0.15, 0.2) is 0 Å². The van der Waals surface area contributed by atoms with E-state index >= 15 is 0 Å². The van der Waals surface area contributed by atoms with Gasteiger partial charge in [-0.05, 0) is 37.7 Å². The molecular weight excluding hydrogens is 250 g/mol. The van der Waals surface area contributed by atoms with Crippen molar-refractivity contribution in [1.29, 1.82) is 0 Å². The van der Waals surface area contributed by atoms with E-state index < -0.39 is 0 Å². The van der Waals surface area contributed by atoms with Gasteiger partial charge < -0.3 is 10.1 Å². The summed E-state index contributed by atoms with van der Waals surface area (Å²) in [5, 5.41) is 11.1. The summed E-state index contributed by atoms with van der Waals surface area (Å²) in [5.41, 5.74) is 3.97. The van der Waals surface area contributed by atoms with Crippen LogP contribution in [0, 0.1) is 6.92 Å². The number of H-pyrrole nitrogens is 1. The second-order valence-electron chi connectivity index (χ2n) is 4.05. The van der Waals surface area contributed by atoms with Crippen molar-refractivity contribution in [2.45, 2.75) is 13.5 Å². The number of hydrogen-bond acceptors (Lipinski definition) is 3. The minimum atomic E-state index is 0.639. The predicted octanol–water partition coefficient (Wildman–Crippen LogP) is 2.77. The quantitative estimate of drug-likeness (QED) is 0.894. The molecular formula is C13H16ClN3O. The number of nitrogens with one attached hydrogen (secondary N) is 2. The maximum absolute atomic E-state index is 6.25. The van der Waals surface area contributed by atoms with E-state index in [0.29, 0.717) is 5.02 Å². The van der Waals surface area contributed by atoms with E-state index in [1.807, 2.05) is 26.1 Å². The molecule has 0 radical (unpaired) electrons. The molecule has 0 saturated heterocycles. The monoisotopic (exact) mass is 265 g/mol. The maximum atomic E-state index is 6.25. The highest BCUT2D eigenvalue weighted by molar-refractivity contribution is 6.33. The SMILES string of the molecule is CNCc1[nH]nc(-c2ccc(OC)cc2Cl)c1C. The summed E-state index contributed by atoms with van der Waals surface area (Å²) in [4.78, 5) is 0. The largest absolute Gasteiger partial charge is 0.497 e. The number of halogens is 1. The first kappa shape index (κ1) is 12.9. The van der Waals surface area contributed by atoms with Gasteiger partial charge in [0.2, 0.25) is 0 Å². The summed E-state index contributed by atoms with van der Waals surface area (Å²) in [5.74, 6) is 0.743. The molecule has 0 fully saturated rings. The van der Waals surface area contributed by atoms with E-state index in [1.54, 1.807) is 13.2 Å². The summed E-state index contributed by atoms with van der Waals surface area (Å²) >= 11 is 6.25. The van der Waals surface area contributed by atoms with Crippen LogP contribution in [0.2, 0.25) is 5.02 Å². The summed E-state index contributed by atoms with van der Waals surface area (Å²) in [7, 11) is 3.52. The van der Waals surface area contributed by atoms with E-state index in [1.165, 1.54) is 0 Å². The minimum Gasteiger partial charge on any atom is -0.497 e. The Morgan fingerprint density at radius 3 is 2.83 bits per heavy atom. The van der Waals surface area contributed by atoms with E-state index in [4.69, 9.17) is 16.3 Å². The van der Waals surface area contributed by atoms with Crippen LogP contribution >= 0.6 is 11.6 Å². The minimum absolute atomic E-state index is 0.639. The van der Waals surface area contributed by atoms with Crippen molar-refractivity contribution in [2.24, 2.45) is 0 Å². The van der Waals surface area contributed by atoms with E-state index in [9.17, 15) is 0 Å². The van der Waals surface area contributed by atoms with Gasteiger partial charge in [0.05, 0.1) is 23.5 Å². The van der Waals surface area contributed by atoms with Crippen LogP contribution in [0.1, 0.15) is 11.3 Å². The molecule has 0 spiro atoms. The molecule has 0 atom stereocenters. The molecule has 0 aliphatic heterocycles. The molecule has 5 heteroatoms. The molecule has 1 aromatic carbocycles. The standard InChI is InChI=1S/C13H16ClN3O/c1-8-12(7-15-2)16-17-13(8)10-5-4-9(18-3)6-11(10)14/h4-6,15H,7H2,1-3H3,(H,16,17). The fraction of sp³-hybridized carbons (Fsp3) is 0.308. The third-order valence-electron chi connectivity index (χ3n) is 2.90. The van der Waals surface area contributed by atoms with Crippen molar-refractivity contribution in [3.05, 3.63) is 34.5 Å². The van der Waals surface area contributed by atoms with Crippen LogP contribution in [0.25, 0.3) is 11.3 Å². The first-order valence-corrected chi connectivity index (χ1v) is 6.07. The van der Waals surface area contributed by atoms with E-state index in [-0.39, 0.29) is 0 Å². The molecule has 0 amide bonds. The topological polar surface area (TPSA) is 49.9 Å². The van der Waals surface area contributed by atoms with Gasteiger partial charge in [0.25, 0.3) is 0 Å². The van der Waals surface area contributed by atoms with Crippen LogP contribution in [-0.2, 0) is 6.54 Å². The Balaban J connectivity index is 2.42. The van der Waals surface area contributed by atoms with Crippen molar-refractivity contribution in [3.63, 3.8) is 0 Å². The predicted molar refractivity (Wildman–Crippen MR) is 73.1 cm³/mol. The molecule has 1 aromatic heterocycles. The number of methoxy groups -OCH3 is 1. The molecule has 0 saturated carbocycles. The fourth-order valence-corrected chi connectivity index (χ4v) is 2.12. The number of nitrogens with zero attached hydrogens (tertiary/aromatic N) is 1. The van der Waals surface area contributed by atoms with Gasteiger partial charge in [0.1, 0.15) is 5.75 Å². The van der Waals surface area contributed by atoms with Crippen LogP contribution in [0.15, 0.2) is 18.2 Å². The van der Waals surface area contributed by atoms with Gasteiger partial charge in [-0.25, -0.2) is 0 Å². The second kappa shape index (κ2) is 5.42. The van der Waals surface area contributed by atoms with Gasteiger partial charge in [-0.1, -0.05) is 11.6 Å². The number of hydrogen-bond donors (Lipinski definition) is 2. The normalized spacial score (nSPS) is 10.7. The van der Waals surface area contributed by atoms with Crippen molar-refractivity contribution in [1.82, 2.24) is 15.5 Å². The Labute approximate surface area is 111 Å². The third kappa shape index (κ3) is 2.35. The number of benzene rings is 1. The molecule has 2 aromatic rings. The first-order chi connectivity index (χ1) is 8.67. The number of aromatic nitrogens is 2. The number of ether oxygens (including phenoxy) is 1. The number of aromatic amines is 1. The zero-order valence-electron chi connectivity index (χ0n) is 10.7. The average Bonchev–Trinajstić information content (AvgIpc) is 2.72. The zero-order valence-corrected chi connectivity index (χ0v) is 11.4. The summed E-state index contributed by atoms with van der Waals surface area (Å²) < 4.78 is 5.14. The van der Waals surface area contributed by atoms with Gasteiger partial charge in [-0.2, -0.15) is 5.10 Å². The Bertz CT molecular complexity index is 551. The molecule has 0 aliphatic rings. The van der Waals surface area contributed by atoms with Crippen molar-refractivity contribution in [2.75, 3.05) is 14.2 Å². The Kier molecular flexibility index (Phi) is 3.89. The van der Waals surface area contributed by atoms with Gasteiger partial charge in [-0.15, -0.1) is 0 Å². The molecule has 18 heavy (non-hydrogen) atoms. The molecule has 2 N–H and O–H groups in total. The molecule has 0 bridgehead atoms. The Morgan fingerprint density at radius 1 is 1.44 bits per heavy atom. The van der Waals surface area contributed by atoms with Gasteiger partial charge in [-0.3, -0.25) is 5.10 Å². The first-order valence-electron chi connectivity index (χ1n) is 5.69.